The van der Waals surface area contributed by atoms with Crippen LogP contribution in [0.25, 0.3) is 5.57 Å². The maximum absolute atomic E-state index is 13.9. The molecule has 2 aliphatic heterocycles. The largest absolute Gasteiger partial charge is 0.444 e. The molecule has 37 heavy (non-hydrogen) atoms. The zero-order valence-corrected chi connectivity index (χ0v) is 20.7. The lowest BCUT2D eigenvalue weighted by molar-refractivity contribution is -0.137. The predicted octanol–water partition coefficient (Wildman–Crippen LogP) is 6.11. The van der Waals surface area contributed by atoms with Crippen LogP contribution in [-0.2, 0) is 10.9 Å². The van der Waals surface area contributed by atoms with Crippen LogP contribution in [-0.4, -0.2) is 58.7 Å². The molecule has 1 amide bonds. The summed E-state index contributed by atoms with van der Waals surface area (Å²) < 4.78 is 71.9. The normalized spacial score (nSPS) is 18.0. The number of carbonyl (C=O) groups is 1. The summed E-state index contributed by atoms with van der Waals surface area (Å²) in [6, 6.07) is 5.48. The second-order valence-electron chi connectivity index (χ2n) is 10.1. The number of alkyl halides is 5. The van der Waals surface area contributed by atoms with Crippen LogP contribution in [0.5, 0.6) is 0 Å². The lowest BCUT2D eigenvalue weighted by atomic mass is 10.00. The van der Waals surface area contributed by atoms with Gasteiger partial charge in [0.05, 0.1) is 12.1 Å². The molecular formula is C25H28F5N5O2. The fourth-order valence-electron chi connectivity index (χ4n) is 4.05. The van der Waals surface area contributed by atoms with Crippen molar-refractivity contribution in [2.24, 2.45) is 0 Å². The number of amides is 1. The molecule has 0 aliphatic carbocycles. The molecule has 200 valence electrons. The molecule has 0 atom stereocenters. The summed E-state index contributed by atoms with van der Waals surface area (Å²) in [6.07, 6.45) is -2.16. The Morgan fingerprint density at radius 3 is 2.41 bits per heavy atom. The predicted molar refractivity (Wildman–Crippen MR) is 129 cm³/mol. The number of hydrogen-bond donors (Lipinski definition) is 1. The van der Waals surface area contributed by atoms with Gasteiger partial charge in [-0.3, -0.25) is 0 Å². The summed E-state index contributed by atoms with van der Waals surface area (Å²) in [6.45, 7) is 5.72. The maximum Gasteiger partial charge on any atom is 0.417 e. The van der Waals surface area contributed by atoms with Crippen LogP contribution in [0.2, 0.25) is 0 Å². The fourth-order valence-corrected chi connectivity index (χ4v) is 4.05. The number of halogens is 5. The molecule has 12 heteroatoms. The van der Waals surface area contributed by atoms with Crippen molar-refractivity contribution in [1.82, 2.24) is 14.9 Å². The number of rotatable bonds is 4. The van der Waals surface area contributed by atoms with E-state index in [-0.39, 0.29) is 24.6 Å². The molecular weight excluding hydrogens is 497 g/mol. The van der Waals surface area contributed by atoms with Crippen molar-refractivity contribution in [3.63, 3.8) is 0 Å². The molecule has 2 aliphatic rings. The van der Waals surface area contributed by atoms with Crippen LogP contribution in [0, 0.1) is 0 Å². The van der Waals surface area contributed by atoms with Crippen LogP contribution in [0.4, 0.5) is 44.2 Å². The highest BCUT2D eigenvalue weighted by Crippen LogP contribution is 2.34. The second-order valence-corrected chi connectivity index (χ2v) is 10.1. The van der Waals surface area contributed by atoms with Gasteiger partial charge >= 0.3 is 12.3 Å². The number of nitrogens with zero attached hydrogens (tertiary/aromatic N) is 4. The average molecular weight is 526 g/mol. The van der Waals surface area contributed by atoms with Crippen LogP contribution in [0.1, 0.15) is 44.7 Å². The first kappa shape index (κ1) is 26.6. The van der Waals surface area contributed by atoms with Gasteiger partial charge in [-0.25, -0.2) is 23.5 Å². The van der Waals surface area contributed by atoms with Crippen LogP contribution >= 0.6 is 0 Å². The average Bonchev–Trinajstić information content (AvgIpc) is 3.17. The summed E-state index contributed by atoms with van der Waals surface area (Å²) in [5.41, 5.74) is 0.0872. The topological polar surface area (TPSA) is 70.6 Å². The first-order valence-electron chi connectivity index (χ1n) is 11.8. The molecule has 0 bridgehead atoms. The summed E-state index contributed by atoms with van der Waals surface area (Å²) in [5.74, 6) is -2.13. The van der Waals surface area contributed by atoms with E-state index in [1.165, 1.54) is 11.0 Å². The van der Waals surface area contributed by atoms with E-state index in [1.807, 2.05) is 6.08 Å². The molecule has 1 fully saturated rings. The minimum Gasteiger partial charge on any atom is -0.444 e. The molecule has 4 rings (SSSR count). The van der Waals surface area contributed by atoms with Gasteiger partial charge in [-0.05, 0) is 62.6 Å². The van der Waals surface area contributed by atoms with E-state index in [9.17, 15) is 26.7 Å². The maximum atomic E-state index is 13.9. The Bertz CT molecular complexity index is 1180. The van der Waals surface area contributed by atoms with Gasteiger partial charge in [0.1, 0.15) is 23.1 Å². The van der Waals surface area contributed by atoms with E-state index >= 15 is 0 Å². The van der Waals surface area contributed by atoms with Gasteiger partial charge in [-0.2, -0.15) is 13.2 Å². The molecule has 0 radical (unpaired) electrons. The lowest BCUT2D eigenvalue weighted by Crippen LogP contribution is -2.39. The first-order valence-corrected chi connectivity index (χ1v) is 11.8. The number of anilines is 3. The molecule has 0 saturated carbocycles. The third-order valence-corrected chi connectivity index (χ3v) is 5.88. The molecule has 0 spiro atoms. The number of nitrogens with one attached hydrogen (secondary N) is 1. The minimum atomic E-state index is -4.52. The quantitative estimate of drug-likeness (QED) is 0.486. The Morgan fingerprint density at radius 2 is 1.86 bits per heavy atom. The zero-order valence-electron chi connectivity index (χ0n) is 20.7. The Balaban J connectivity index is 1.59. The van der Waals surface area contributed by atoms with Gasteiger partial charge in [0.15, 0.2) is 0 Å². The Labute approximate surface area is 211 Å². The van der Waals surface area contributed by atoms with Crippen LogP contribution in [0.3, 0.4) is 0 Å². The minimum absolute atomic E-state index is 0.118. The smallest absolute Gasteiger partial charge is 0.417 e. The van der Waals surface area contributed by atoms with E-state index in [0.717, 1.165) is 11.6 Å². The Hall–Kier alpha value is -3.44. The number of carbonyl (C=O) groups excluding carboxylic acids is 1. The number of pyridine rings is 2. The number of hydrogen-bond acceptors (Lipinski definition) is 6. The van der Waals surface area contributed by atoms with E-state index in [2.05, 4.69) is 15.3 Å². The van der Waals surface area contributed by atoms with E-state index in [0.29, 0.717) is 37.1 Å². The fraction of sp³-hybridized carbons (Fsp3) is 0.480. The standard InChI is InChI=1S/C25H28F5N5O2/c1-23(2,3)37-22(36)34-9-6-16(7-10-34)17-12-20(32-19-5-4-18(14-31-19)25(28,29)30)33-21(13-17)35-11-8-24(26,27)15-35/h4-6,12-14H,7-11,15H2,1-3H3,(H,31,32,33). The summed E-state index contributed by atoms with van der Waals surface area (Å²) in [7, 11) is 0. The molecule has 0 unspecified atom stereocenters. The van der Waals surface area contributed by atoms with Crippen molar-refractivity contribution in [3.05, 3.63) is 47.7 Å². The van der Waals surface area contributed by atoms with Gasteiger partial charge in [0, 0.05) is 32.3 Å². The monoisotopic (exact) mass is 525 g/mol. The van der Waals surface area contributed by atoms with Crippen molar-refractivity contribution < 1.29 is 31.5 Å². The van der Waals surface area contributed by atoms with Crippen molar-refractivity contribution in [1.29, 1.82) is 0 Å². The Kier molecular flexibility index (Phi) is 7.04. The highest BCUT2D eigenvalue weighted by molar-refractivity contribution is 5.75. The molecule has 7 nitrogen and oxygen atoms in total. The van der Waals surface area contributed by atoms with Crippen LogP contribution < -0.4 is 10.2 Å². The van der Waals surface area contributed by atoms with Gasteiger partial charge in [-0.1, -0.05) is 6.08 Å². The van der Waals surface area contributed by atoms with Crippen molar-refractivity contribution in [3.8, 4) is 0 Å². The second kappa shape index (κ2) is 9.79. The lowest BCUT2D eigenvalue weighted by Gasteiger charge is -2.30. The van der Waals surface area contributed by atoms with Gasteiger partial charge in [-0.15, -0.1) is 0 Å². The van der Waals surface area contributed by atoms with Gasteiger partial charge in [0.25, 0.3) is 5.92 Å². The zero-order chi connectivity index (χ0) is 27.0. The SMILES string of the molecule is CC(C)(C)OC(=O)N1CC=C(c2cc(Nc3ccc(C(F)(F)F)cn3)nc(N3CCC(F)(F)C3)c2)CC1. The molecule has 4 heterocycles. The third kappa shape index (κ3) is 6.86. The summed E-state index contributed by atoms with van der Waals surface area (Å²) in [4.78, 5) is 23.7. The molecule has 1 N–H and O–H groups in total. The van der Waals surface area contributed by atoms with Crippen molar-refractivity contribution in [2.75, 3.05) is 36.4 Å². The number of ether oxygens (including phenoxy) is 1. The van der Waals surface area contributed by atoms with E-state index in [4.69, 9.17) is 4.74 Å². The summed E-state index contributed by atoms with van der Waals surface area (Å²) in [5, 5.41) is 2.88. The third-order valence-electron chi connectivity index (χ3n) is 5.88. The highest BCUT2D eigenvalue weighted by Gasteiger charge is 2.39. The van der Waals surface area contributed by atoms with Crippen molar-refractivity contribution >= 4 is 29.1 Å². The molecule has 2 aromatic heterocycles. The van der Waals surface area contributed by atoms with Gasteiger partial charge in [0.2, 0.25) is 0 Å². The van der Waals surface area contributed by atoms with Gasteiger partial charge < -0.3 is 19.9 Å². The Morgan fingerprint density at radius 1 is 1.11 bits per heavy atom. The molecule has 2 aromatic rings. The highest BCUT2D eigenvalue weighted by atomic mass is 19.4. The van der Waals surface area contributed by atoms with Crippen LogP contribution in [0.15, 0.2) is 36.5 Å². The first-order chi connectivity index (χ1) is 17.2. The molecule has 0 aromatic carbocycles. The van der Waals surface area contributed by atoms with E-state index in [1.54, 1.807) is 37.8 Å². The molecule has 1 saturated heterocycles. The summed E-state index contributed by atoms with van der Waals surface area (Å²) >= 11 is 0. The number of aromatic nitrogens is 2. The van der Waals surface area contributed by atoms with E-state index < -0.39 is 35.9 Å². The van der Waals surface area contributed by atoms with Crippen molar-refractivity contribution in [2.45, 2.75) is 51.3 Å².